The maximum Gasteiger partial charge on any atom is 1.00 e. The Labute approximate surface area is 579 Å². The first-order valence-electron chi connectivity index (χ1n) is 16.1. The molecule has 4 rings (SSSR count). The molecular weight excluding hydrogens is 1250 g/mol. The summed E-state index contributed by atoms with van der Waals surface area (Å²) < 4.78 is 267. The van der Waals surface area contributed by atoms with Crippen molar-refractivity contribution in [1.29, 1.82) is 0 Å². The molecule has 0 aliphatic rings. The van der Waals surface area contributed by atoms with Crippen molar-refractivity contribution in [1.82, 2.24) is 0 Å². The van der Waals surface area contributed by atoms with Crippen molar-refractivity contribution < 1.29 is 309 Å². The maximum absolute atomic E-state index is 11.7. The Hall–Kier alpha value is 0.585. The van der Waals surface area contributed by atoms with Gasteiger partial charge in [0.25, 0.3) is 40.5 Å². The fourth-order valence-electron chi connectivity index (χ4n) is 4.53. The van der Waals surface area contributed by atoms with Crippen molar-refractivity contribution in [3.05, 3.63) is 95.1 Å². The Kier molecular flexibility index (Phi) is 31.4. The minimum absolute atomic E-state index is 0. The van der Waals surface area contributed by atoms with E-state index < -0.39 is 124 Å². The summed E-state index contributed by atoms with van der Waals surface area (Å²) in [6.07, 6.45) is 3.90. The second kappa shape index (κ2) is 30.2. The smallest absolute Gasteiger partial charge is 0.728 e. The standard InChI is InChI=1S/2C14H12N4O12S4.4K/c2*19-31(20,21)13-7-11(15-17-33(25,26)27)5-3-9(13)1-2-10-4-6-12(16-18-34(28,29)30)8-14(10)32(22,23)24;;;;/h2*1-8H,(H,19,20,21)(H,22,23,24)(H,25,26,27)(H,28,29,30);;;;/q;;4*+1/p-4. The van der Waals surface area contributed by atoms with E-state index in [0.717, 1.165) is 72.8 Å². The number of nitrogens with zero attached hydrogens (tertiary/aromatic N) is 8. The van der Waals surface area contributed by atoms with E-state index in [2.05, 4.69) is 38.5 Å². The molecule has 0 fully saturated rings. The van der Waals surface area contributed by atoms with Gasteiger partial charge in [0, 0.05) is 0 Å². The van der Waals surface area contributed by atoms with E-state index in [1.807, 2.05) is 0 Å². The molecule has 368 valence electrons. The van der Waals surface area contributed by atoms with E-state index in [4.69, 9.17) is 0 Å². The molecule has 0 spiro atoms. The number of hydrogen-bond acceptors (Lipinski definition) is 24. The van der Waals surface area contributed by atoms with Gasteiger partial charge in [-0.2, -0.15) is 33.7 Å². The minimum atomic E-state index is -5.12. The third-order valence-electron chi connectivity index (χ3n) is 7.01. The van der Waals surface area contributed by atoms with Gasteiger partial charge in [0.2, 0.25) is 41.2 Å². The Morgan fingerprint density at radius 1 is 0.306 bits per heavy atom. The van der Waals surface area contributed by atoms with E-state index in [-0.39, 0.29) is 228 Å². The van der Waals surface area contributed by atoms with Gasteiger partial charge in [0.1, 0.15) is 19.6 Å². The zero-order chi connectivity index (χ0) is 51.9. The molecule has 0 aliphatic heterocycles. The molecule has 0 atom stereocenters. The molecule has 4 N–H and O–H groups in total. The number of hydrogen-bond donors (Lipinski definition) is 4. The molecule has 0 aromatic heterocycles. The molecule has 0 amide bonds. The Morgan fingerprint density at radius 2 is 0.458 bits per heavy atom. The fourth-order valence-corrected chi connectivity index (χ4v) is 8.12. The summed E-state index contributed by atoms with van der Waals surface area (Å²) in [6.45, 7) is 0. The van der Waals surface area contributed by atoms with E-state index in [1.54, 1.807) is 0 Å². The predicted molar refractivity (Wildman–Crippen MR) is 220 cm³/mol. The van der Waals surface area contributed by atoms with Crippen LogP contribution in [-0.2, 0) is 81.7 Å². The van der Waals surface area contributed by atoms with Gasteiger partial charge in [0.05, 0.1) is 22.7 Å². The summed E-state index contributed by atoms with van der Waals surface area (Å²) in [5.41, 5.74) is -2.83. The van der Waals surface area contributed by atoms with Crippen molar-refractivity contribution in [2.45, 2.75) is 19.6 Å². The summed E-state index contributed by atoms with van der Waals surface area (Å²) >= 11 is 0. The Morgan fingerprint density at radius 3 is 0.583 bits per heavy atom. The summed E-state index contributed by atoms with van der Waals surface area (Å²) in [7, 11) is -40.3. The SMILES string of the molecule is O=S(=O)([O-])N=Nc1ccc(C=Cc2ccc(N=NS(=O)(=O)[O-])cc2S(=O)(=O)O)c(S(=O)(=O)O)c1.O=S(=O)([O-])N=Nc1ccc(C=Cc2ccc(N=NS(=O)(=O)[O-])cc2S(=O)(=O)O)c(S(=O)(=O)O)c1.[K+].[K+].[K+].[K+]. The van der Waals surface area contributed by atoms with Crippen LogP contribution in [0, 0.1) is 0 Å². The minimum Gasteiger partial charge on any atom is -0.728 e. The van der Waals surface area contributed by atoms with E-state index in [0.29, 0.717) is 24.3 Å². The van der Waals surface area contributed by atoms with Crippen molar-refractivity contribution in [3.63, 3.8) is 0 Å². The Bertz CT molecular complexity index is 3310. The van der Waals surface area contributed by atoms with Gasteiger partial charge < -0.3 is 18.2 Å². The first-order valence-corrected chi connectivity index (χ1v) is 27.3. The normalized spacial score (nSPS) is 13.1. The van der Waals surface area contributed by atoms with Gasteiger partial charge >= 0.3 is 206 Å². The van der Waals surface area contributed by atoms with Gasteiger partial charge in [-0.1, -0.05) is 66.6 Å². The molecule has 0 bridgehead atoms. The van der Waals surface area contributed by atoms with Crippen LogP contribution in [0.5, 0.6) is 0 Å². The van der Waals surface area contributed by atoms with E-state index >= 15 is 0 Å². The first-order chi connectivity index (χ1) is 30.7. The number of rotatable bonds is 16. The van der Waals surface area contributed by atoms with Crippen LogP contribution in [0.4, 0.5) is 22.7 Å². The van der Waals surface area contributed by atoms with Gasteiger partial charge in [-0.05, 0) is 70.8 Å². The molecule has 72 heavy (non-hydrogen) atoms. The molecule has 44 heteroatoms. The van der Waals surface area contributed by atoms with Crippen LogP contribution in [-0.4, -0.2) is 104 Å². The molecule has 0 saturated heterocycles. The topological polar surface area (TPSA) is 545 Å². The van der Waals surface area contributed by atoms with E-state index in [1.165, 1.54) is 0 Å². The molecular formula is C28H20K4N8O24S8. The zero-order valence-electron chi connectivity index (χ0n) is 36.0. The second-order valence-electron chi connectivity index (χ2n) is 11.9. The van der Waals surface area contributed by atoms with Gasteiger partial charge in [-0.15, -0.1) is 20.5 Å². The van der Waals surface area contributed by atoms with Crippen molar-refractivity contribution in [2.75, 3.05) is 0 Å². The summed E-state index contributed by atoms with van der Waals surface area (Å²) in [5.74, 6) is 0. The van der Waals surface area contributed by atoms with Crippen LogP contribution >= 0.6 is 0 Å². The van der Waals surface area contributed by atoms with Crippen molar-refractivity contribution in [3.8, 4) is 0 Å². The molecule has 0 heterocycles. The van der Waals surface area contributed by atoms with Gasteiger partial charge in [0.15, 0.2) is 0 Å². The molecule has 0 saturated carbocycles. The monoisotopic (exact) mass is 1260 g/mol. The largest absolute Gasteiger partial charge is 1.00 e. The van der Waals surface area contributed by atoms with Crippen LogP contribution in [0.1, 0.15) is 22.3 Å². The van der Waals surface area contributed by atoms with Crippen LogP contribution in [0.25, 0.3) is 24.3 Å². The average molecular weight is 1270 g/mol. The zero-order valence-corrected chi connectivity index (χ0v) is 55.1. The molecule has 32 nitrogen and oxygen atoms in total. The van der Waals surface area contributed by atoms with Gasteiger partial charge in [-0.25, -0.2) is 33.7 Å². The summed E-state index contributed by atoms with van der Waals surface area (Å²) in [5, 5.41) is 12.1. The third kappa shape index (κ3) is 27.9. The van der Waals surface area contributed by atoms with Crippen LogP contribution < -0.4 is 206 Å². The van der Waals surface area contributed by atoms with Gasteiger partial charge in [-0.3, -0.25) is 18.2 Å². The first kappa shape index (κ1) is 74.7. The van der Waals surface area contributed by atoms with Crippen LogP contribution in [0.2, 0.25) is 0 Å². The molecule has 0 radical (unpaired) electrons. The quantitative estimate of drug-likeness (QED) is 0.0350. The summed E-state index contributed by atoms with van der Waals surface area (Å²) in [6, 6.07) is 10.7. The third-order valence-corrected chi connectivity index (χ3v) is 11.8. The molecule has 4 aromatic rings. The molecule has 0 unspecified atom stereocenters. The van der Waals surface area contributed by atoms with Crippen LogP contribution in [0.15, 0.2) is 131 Å². The molecule has 0 aliphatic carbocycles. The maximum atomic E-state index is 11.7. The fraction of sp³-hybridized carbons (Fsp3) is 0. The average Bonchev–Trinajstić information content (AvgIpc) is 3.17. The second-order valence-corrected chi connectivity index (χ2v) is 21.5. The van der Waals surface area contributed by atoms with Crippen molar-refractivity contribution in [2.24, 2.45) is 38.5 Å². The molecule has 4 aromatic carbocycles. The summed E-state index contributed by atoms with van der Waals surface area (Å²) in [4.78, 5) is -3.32. The Balaban J connectivity index is 0. The van der Waals surface area contributed by atoms with Crippen LogP contribution in [0.3, 0.4) is 0 Å². The van der Waals surface area contributed by atoms with Crippen molar-refractivity contribution >= 4 is 129 Å². The number of benzene rings is 4. The van der Waals surface area contributed by atoms with E-state index in [9.17, 15) is 104 Å². The predicted octanol–water partition coefficient (Wildman–Crippen LogP) is -9.11.